The van der Waals surface area contributed by atoms with Gasteiger partial charge in [0.1, 0.15) is 6.54 Å². The highest BCUT2D eigenvalue weighted by molar-refractivity contribution is 5.98. The Labute approximate surface area is 137 Å². The number of hydrogen-bond donors (Lipinski definition) is 0. The average Bonchev–Trinajstić information content (AvgIpc) is 2.54. The molecule has 1 aromatic rings. The summed E-state index contributed by atoms with van der Waals surface area (Å²) in [6.45, 7) is 8.43. The minimum absolute atomic E-state index is 0.0181. The largest absolute Gasteiger partial charge is 0.462 e. The van der Waals surface area contributed by atoms with Crippen LogP contribution in [0.15, 0.2) is 24.3 Å². The molecular formula is C17H24N2O4. The Bertz CT molecular complexity index is 550. The highest BCUT2D eigenvalue weighted by atomic mass is 16.5. The van der Waals surface area contributed by atoms with Gasteiger partial charge in [-0.2, -0.15) is 0 Å². The summed E-state index contributed by atoms with van der Waals surface area (Å²) in [5, 5.41) is 0. The normalized spacial score (nSPS) is 10.1. The van der Waals surface area contributed by atoms with Crippen LogP contribution >= 0.6 is 0 Å². The molecule has 0 aliphatic heterocycles. The van der Waals surface area contributed by atoms with Crippen LogP contribution in [0.1, 0.15) is 38.1 Å². The van der Waals surface area contributed by atoms with Crippen molar-refractivity contribution in [2.45, 2.75) is 27.7 Å². The van der Waals surface area contributed by atoms with E-state index in [4.69, 9.17) is 4.74 Å². The number of likely N-dealkylation sites (N-methyl/N-ethyl adjacent to an activating group) is 1. The molecular weight excluding hydrogens is 296 g/mol. The SMILES string of the molecule is CCOC(=O)c1ccc(N(CC(=O)N(CC)CC)C(C)=O)cc1. The van der Waals surface area contributed by atoms with Crippen molar-refractivity contribution in [1.29, 1.82) is 0 Å². The number of nitrogens with zero attached hydrogens (tertiary/aromatic N) is 2. The summed E-state index contributed by atoms with van der Waals surface area (Å²) in [6, 6.07) is 6.46. The molecule has 0 fully saturated rings. The minimum atomic E-state index is -0.410. The lowest BCUT2D eigenvalue weighted by Crippen LogP contribution is -2.42. The summed E-state index contributed by atoms with van der Waals surface area (Å²) >= 11 is 0. The van der Waals surface area contributed by atoms with Crippen molar-refractivity contribution in [2.24, 2.45) is 0 Å². The minimum Gasteiger partial charge on any atom is -0.462 e. The molecule has 0 spiro atoms. The van der Waals surface area contributed by atoms with Gasteiger partial charge in [0, 0.05) is 25.7 Å². The number of rotatable bonds is 7. The van der Waals surface area contributed by atoms with Crippen molar-refractivity contribution in [2.75, 3.05) is 31.1 Å². The summed E-state index contributed by atoms with van der Waals surface area (Å²) in [6.07, 6.45) is 0. The van der Waals surface area contributed by atoms with Gasteiger partial charge in [-0.15, -0.1) is 0 Å². The predicted octanol–water partition coefficient (Wildman–Crippen LogP) is 2.08. The zero-order chi connectivity index (χ0) is 17.4. The molecule has 1 aromatic carbocycles. The first-order valence-electron chi connectivity index (χ1n) is 7.77. The van der Waals surface area contributed by atoms with E-state index in [-0.39, 0.29) is 18.4 Å². The van der Waals surface area contributed by atoms with Gasteiger partial charge in [-0.3, -0.25) is 9.59 Å². The lowest BCUT2D eigenvalue weighted by atomic mass is 10.2. The smallest absolute Gasteiger partial charge is 0.338 e. The van der Waals surface area contributed by atoms with Gasteiger partial charge in [0.25, 0.3) is 0 Å². The third-order valence-corrected chi connectivity index (χ3v) is 3.48. The van der Waals surface area contributed by atoms with Crippen LogP contribution in [0.2, 0.25) is 0 Å². The highest BCUT2D eigenvalue weighted by Crippen LogP contribution is 2.16. The van der Waals surface area contributed by atoms with Crippen LogP contribution < -0.4 is 4.90 Å². The Balaban J connectivity index is 2.92. The number of ether oxygens (including phenoxy) is 1. The first-order valence-corrected chi connectivity index (χ1v) is 7.77. The molecule has 23 heavy (non-hydrogen) atoms. The Morgan fingerprint density at radius 2 is 1.57 bits per heavy atom. The molecule has 0 N–H and O–H groups in total. The molecule has 0 atom stereocenters. The maximum absolute atomic E-state index is 12.2. The van der Waals surface area contributed by atoms with Crippen LogP contribution in [0.5, 0.6) is 0 Å². The monoisotopic (exact) mass is 320 g/mol. The Kier molecular flexibility index (Phi) is 7.25. The van der Waals surface area contributed by atoms with E-state index >= 15 is 0 Å². The maximum atomic E-state index is 12.2. The molecule has 126 valence electrons. The summed E-state index contributed by atoms with van der Waals surface area (Å²) < 4.78 is 4.92. The second-order valence-corrected chi connectivity index (χ2v) is 4.94. The molecule has 6 nitrogen and oxygen atoms in total. The van der Waals surface area contributed by atoms with E-state index < -0.39 is 5.97 Å². The first kappa shape index (κ1) is 18.7. The van der Waals surface area contributed by atoms with Gasteiger partial charge in [-0.1, -0.05) is 0 Å². The first-order chi connectivity index (χ1) is 10.9. The molecule has 0 radical (unpaired) electrons. The van der Waals surface area contributed by atoms with Crippen molar-refractivity contribution >= 4 is 23.5 Å². The average molecular weight is 320 g/mol. The molecule has 0 unspecified atom stereocenters. The third-order valence-electron chi connectivity index (χ3n) is 3.48. The van der Waals surface area contributed by atoms with Crippen molar-refractivity contribution in [3.8, 4) is 0 Å². The maximum Gasteiger partial charge on any atom is 0.338 e. The van der Waals surface area contributed by atoms with Gasteiger partial charge in [0.15, 0.2) is 0 Å². The second-order valence-electron chi connectivity index (χ2n) is 4.94. The molecule has 0 heterocycles. The van der Waals surface area contributed by atoms with Gasteiger partial charge >= 0.3 is 5.97 Å². The molecule has 0 aliphatic carbocycles. The van der Waals surface area contributed by atoms with Crippen LogP contribution in [0, 0.1) is 0 Å². The van der Waals surface area contributed by atoms with Gasteiger partial charge in [-0.05, 0) is 45.0 Å². The molecule has 0 bridgehead atoms. The number of benzene rings is 1. The van der Waals surface area contributed by atoms with E-state index in [0.717, 1.165) is 0 Å². The number of amides is 2. The quantitative estimate of drug-likeness (QED) is 0.722. The van der Waals surface area contributed by atoms with Crippen LogP contribution in [0.4, 0.5) is 5.69 Å². The fraction of sp³-hybridized carbons (Fsp3) is 0.471. The topological polar surface area (TPSA) is 66.9 Å². The summed E-state index contributed by atoms with van der Waals surface area (Å²) in [7, 11) is 0. The van der Waals surface area contributed by atoms with E-state index in [1.807, 2.05) is 13.8 Å². The zero-order valence-corrected chi connectivity index (χ0v) is 14.2. The van der Waals surface area contributed by atoms with Crippen LogP contribution in [0.25, 0.3) is 0 Å². The fourth-order valence-electron chi connectivity index (χ4n) is 2.19. The summed E-state index contributed by atoms with van der Waals surface area (Å²) in [5.41, 5.74) is 0.986. The molecule has 0 aliphatic rings. The Morgan fingerprint density at radius 3 is 2.00 bits per heavy atom. The molecule has 0 saturated carbocycles. The number of anilines is 1. The molecule has 1 rings (SSSR count). The zero-order valence-electron chi connectivity index (χ0n) is 14.2. The lowest BCUT2D eigenvalue weighted by molar-refractivity contribution is -0.130. The van der Waals surface area contributed by atoms with Gasteiger partial charge in [0.05, 0.1) is 12.2 Å². The van der Waals surface area contributed by atoms with Crippen molar-refractivity contribution in [3.63, 3.8) is 0 Å². The molecule has 0 saturated heterocycles. The standard InChI is InChI=1S/C17H24N2O4/c1-5-18(6-2)16(21)12-19(13(4)20)15-10-8-14(9-11-15)17(22)23-7-3/h8-11H,5-7,12H2,1-4H3. The van der Waals surface area contributed by atoms with Gasteiger partial charge in [-0.25, -0.2) is 4.79 Å². The second kappa shape index (κ2) is 8.92. The Hall–Kier alpha value is -2.37. The van der Waals surface area contributed by atoms with E-state index in [2.05, 4.69) is 0 Å². The molecule has 6 heteroatoms. The predicted molar refractivity (Wildman–Crippen MR) is 88.4 cm³/mol. The van der Waals surface area contributed by atoms with Crippen LogP contribution in [0.3, 0.4) is 0 Å². The number of carbonyl (C=O) groups is 3. The van der Waals surface area contributed by atoms with Crippen LogP contribution in [-0.2, 0) is 14.3 Å². The molecule has 0 aromatic heterocycles. The van der Waals surface area contributed by atoms with Crippen molar-refractivity contribution in [1.82, 2.24) is 4.90 Å². The van der Waals surface area contributed by atoms with Gasteiger partial charge < -0.3 is 14.5 Å². The van der Waals surface area contributed by atoms with E-state index in [0.29, 0.717) is 30.9 Å². The molecule has 2 amide bonds. The van der Waals surface area contributed by atoms with Crippen molar-refractivity contribution in [3.05, 3.63) is 29.8 Å². The lowest BCUT2D eigenvalue weighted by Gasteiger charge is -2.25. The summed E-state index contributed by atoms with van der Waals surface area (Å²) in [4.78, 5) is 38.8. The highest BCUT2D eigenvalue weighted by Gasteiger charge is 2.19. The number of carbonyl (C=O) groups excluding carboxylic acids is 3. The van der Waals surface area contributed by atoms with E-state index in [1.54, 1.807) is 36.1 Å². The summed E-state index contributed by atoms with van der Waals surface area (Å²) in [5.74, 6) is -0.748. The fourth-order valence-corrected chi connectivity index (χ4v) is 2.19. The number of hydrogen-bond acceptors (Lipinski definition) is 4. The van der Waals surface area contributed by atoms with Crippen molar-refractivity contribution < 1.29 is 19.1 Å². The van der Waals surface area contributed by atoms with Crippen LogP contribution in [-0.4, -0.2) is 48.9 Å². The Morgan fingerprint density at radius 1 is 1.00 bits per heavy atom. The number of esters is 1. The van der Waals surface area contributed by atoms with E-state index in [9.17, 15) is 14.4 Å². The van der Waals surface area contributed by atoms with Gasteiger partial charge in [0.2, 0.25) is 11.8 Å². The third kappa shape index (κ3) is 5.09. The van der Waals surface area contributed by atoms with E-state index in [1.165, 1.54) is 11.8 Å².